The highest BCUT2D eigenvalue weighted by Gasteiger charge is 2.42. The van der Waals surface area contributed by atoms with Crippen LogP contribution < -0.4 is 15.5 Å². The van der Waals surface area contributed by atoms with E-state index in [9.17, 15) is 4.79 Å². The second-order valence-corrected chi connectivity index (χ2v) is 8.99. The molecule has 1 spiro atoms. The zero-order valence-corrected chi connectivity index (χ0v) is 18.1. The molecule has 1 aliphatic heterocycles. The number of hydrogen-bond donors (Lipinski definition) is 3. The number of anilines is 3. The molecule has 1 saturated heterocycles. The van der Waals surface area contributed by atoms with Gasteiger partial charge in [0.25, 0.3) is 0 Å². The maximum Gasteiger partial charge on any atom is 0.245 e. The minimum Gasteiger partial charge on any atom is -0.352 e. The molecule has 0 radical (unpaired) electrons. The fourth-order valence-corrected chi connectivity index (χ4v) is 5.07. The summed E-state index contributed by atoms with van der Waals surface area (Å²) in [6.07, 6.45) is 7.04. The van der Waals surface area contributed by atoms with Gasteiger partial charge in [0.05, 0.1) is 6.07 Å². The van der Waals surface area contributed by atoms with Gasteiger partial charge < -0.3 is 15.5 Å². The first-order valence-corrected chi connectivity index (χ1v) is 11.1. The molecule has 3 N–H and O–H groups in total. The van der Waals surface area contributed by atoms with Gasteiger partial charge in [0.15, 0.2) is 11.6 Å². The topological polar surface area (TPSA) is 127 Å². The monoisotopic (exact) mass is 433 g/mol. The predicted octanol–water partition coefficient (Wildman–Crippen LogP) is 2.67. The van der Waals surface area contributed by atoms with Crippen LogP contribution in [0.15, 0.2) is 24.4 Å². The quantitative estimate of drug-likeness (QED) is 0.564. The predicted molar refractivity (Wildman–Crippen MR) is 119 cm³/mol. The molecule has 5 rings (SSSR count). The Hall–Kier alpha value is -3.61. The van der Waals surface area contributed by atoms with Crippen LogP contribution in [-0.2, 0) is 4.79 Å². The first-order valence-electron chi connectivity index (χ1n) is 11.1. The summed E-state index contributed by atoms with van der Waals surface area (Å²) in [5, 5.41) is 27.0. The van der Waals surface area contributed by atoms with Gasteiger partial charge in [-0.1, -0.05) is 0 Å². The summed E-state index contributed by atoms with van der Waals surface area (Å²) in [5.74, 6) is 2.00. The van der Waals surface area contributed by atoms with E-state index in [4.69, 9.17) is 15.3 Å². The van der Waals surface area contributed by atoms with Crippen molar-refractivity contribution in [3.8, 4) is 6.07 Å². The average Bonchev–Trinajstić information content (AvgIpc) is 3.50. The second-order valence-electron chi connectivity index (χ2n) is 8.99. The summed E-state index contributed by atoms with van der Waals surface area (Å²) in [6, 6.07) is 7.99. The zero-order valence-electron chi connectivity index (χ0n) is 18.1. The largest absolute Gasteiger partial charge is 0.352 e. The lowest BCUT2D eigenvalue weighted by molar-refractivity contribution is -0.120. The number of H-pyrrole nitrogens is 1. The van der Waals surface area contributed by atoms with Crippen molar-refractivity contribution in [1.82, 2.24) is 30.1 Å². The molecule has 0 aromatic carbocycles. The molecule has 10 nitrogen and oxygen atoms in total. The molecular formula is C22H27N9O. The van der Waals surface area contributed by atoms with Crippen molar-refractivity contribution in [2.45, 2.75) is 51.5 Å². The van der Waals surface area contributed by atoms with E-state index in [1.807, 2.05) is 41.9 Å². The standard InChI is InChI=1S/C22H27N9O/c1-15-13-18(28-27-15)25-20-17-3-2-10-31(17)29-21(26-20)30-11-7-22(8-12-30)6-4-16(14-22)24-19(32)5-9-23/h2-3,10,13,16H,4-8,11-12,14H2,1H3,(H,24,32)(H2,25,26,27,28,29). The van der Waals surface area contributed by atoms with Crippen LogP contribution in [0, 0.1) is 23.7 Å². The maximum absolute atomic E-state index is 11.8. The summed E-state index contributed by atoms with van der Waals surface area (Å²) >= 11 is 0. The Morgan fingerprint density at radius 1 is 1.38 bits per heavy atom. The molecule has 3 aromatic rings. The number of fused-ring (bicyclic) bond motifs is 1. The van der Waals surface area contributed by atoms with Crippen LogP contribution in [0.3, 0.4) is 0 Å². The van der Waals surface area contributed by atoms with Crippen LogP contribution in [0.1, 0.15) is 44.2 Å². The van der Waals surface area contributed by atoms with Gasteiger partial charge in [-0.3, -0.25) is 9.89 Å². The first kappa shape index (κ1) is 20.3. The molecule has 0 bridgehead atoms. The van der Waals surface area contributed by atoms with Crippen molar-refractivity contribution in [3.63, 3.8) is 0 Å². The normalized spacial score (nSPS) is 19.9. The Labute approximate surface area is 186 Å². The van der Waals surface area contributed by atoms with E-state index >= 15 is 0 Å². The van der Waals surface area contributed by atoms with Crippen molar-refractivity contribution in [2.75, 3.05) is 23.3 Å². The number of nitrogens with one attached hydrogen (secondary N) is 3. The molecule has 1 saturated carbocycles. The van der Waals surface area contributed by atoms with E-state index in [1.54, 1.807) is 0 Å². The van der Waals surface area contributed by atoms with Gasteiger partial charge in [0.2, 0.25) is 11.9 Å². The molecule has 4 heterocycles. The summed E-state index contributed by atoms with van der Waals surface area (Å²) in [6.45, 7) is 3.72. The third-order valence-electron chi connectivity index (χ3n) is 6.75. The number of nitrogens with zero attached hydrogens (tertiary/aromatic N) is 6. The lowest BCUT2D eigenvalue weighted by Gasteiger charge is -2.39. The lowest BCUT2D eigenvalue weighted by atomic mass is 9.77. The van der Waals surface area contributed by atoms with Gasteiger partial charge in [-0.25, -0.2) is 4.52 Å². The number of aromatic nitrogens is 5. The van der Waals surface area contributed by atoms with Crippen LogP contribution >= 0.6 is 0 Å². The Kier molecular flexibility index (Phi) is 5.17. The number of amides is 1. The van der Waals surface area contributed by atoms with Crippen LogP contribution in [0.2, 0.25) is 0 Å². The van der Waals surface area contributed by atoms with E-state index in [1.165, 1.54) is 0 Å². The van der Waals surface area contributed by atoms with Gasteiger partial charge in [-0.2, -0.15) is 15.3 Å². The van der Waals surface area contributed by atoms with Gasteiger partial charge in [-0.05, 0) is 56.6 Å². The van der Waals surface area contributed by atoms with Gasteiger partial charge in [0.1, 0.15) is 11.9 Å². The van der Waals surface area contributed by atoms with Gasteiger partial charge in [0, 0.05) is 37.1 Å². The number of aryl methyl sites for hydroxylation is 1. The number of nitriles is 1. The molecule has 2 aliphatic rings. The van der Waals surface area contributed by atoms with E-state index in [0.717, 1.165) is 68.0 Å². The minimum absolute atomic E-state index is 0.0648. The maximum atomic E-state index is 11.8. The number of carbonyl (C=O) groups is 1. The molecule has 1 amide bonds. The molecular weight excluding hydrogens is 406 g/mol. The number of piperidine rings is 1. The Balaban J connectivity index is 1.28. The van der Waals surface area contributed by atoms with Crippen molar-refractivity contribution in [2.24, 2.45) is 5.41 Å². The van der Waals surface area contributed by atoms with E-state index in [-0.39, 0.29) is 23.8 Å². The zero-order chi connectivity index (χ0) is 22.1. The van der Waals surface area contributed by atoms with Gasteiger partial charge in [-0.15, -0.1) is 5.10 Å². The lowest BCUT2D eigenvalue weighted by Crippen LogP contribution is -2.41. The minimum atomic E-state index is -0.160. The Bertz CT molecular complexity index is 1170. The van der Waals surface area contributed by atoms with E-state index in [2.05, 4.69) is 25.7 Å². The highest BCUT2D eigenvalue weighted by atomic mass is 16.1. The summed E-state index contributed by atoms with van der Waals surface area (Å²) in [5.41, 5.74) is 2.13. The van der Waals surface area contributed by atoms with E-state index in [0.29, 0.717) is 5.95 Å². The highest BCUT2D eigenvalue weighted by Crippen LogP contribution is 2.46. The highest BCUT2D eigenvalue weighted by molar-refractivity contribution is 5.78. The molecule has 1 unspecified atom stereocenters. The number of carbonyl (C=O) groups excluding carboxylic acids is 1. The smallest absolute Gasteiger partial charge is 0.245 e. The third-order valence-corrected chi connectivity index (χ3v) is 6.75. The van der Waals surface area contributed by atoms with Crippen LogP contribution in [0.4, 0.5) is 17.6 Å². The third kappa shape index (κ3) is 3.98. The van der Waals surface area contributed by atoms with Crippen molar-refractivity contribution in [3.05, 3.63) is 30.1 Å². The van der Waals surface area contributed by atoms with Crippen LogP contribution in [0.25, 0.3) is 5.52 Å². The summed E-state index contributed by atoms with van der Waals surface area (Å²) in [7, 11) is 0. The molecule has 1 aliphatic carbocycles. The molecule has 32 heavy (non-hydrogen) atoms. The fourth-order valence-electron chi connectivity index (χ4n) is 5.07. The molecule has 10 heteroatoms. The summed E-state index contributed by atoms with van der Waals surface area (Å²) in [4.78, 5) is 18.9. The molecule has 1 atom stereocenters. The van der Waals surface area contributed by atoms with E-state index < -0.39 is 0 Å². The second kappa shape index (κ2) is 8.15. The number of rotatable bonds is 5. The Morgan fingerprint density at radius 2 is 2.22 bits per heavy atom. The average molecular weight is 434 g/mol. The molecule has 166 valence electrons. The number of hydrogen-bond acceptors (Lipinski definition) is 7. The first-order chi connectivity index (χ1) is 15.5. The fraction of sp³-hybridized carbons (Fsp3) is 0.500. The SMILES string of the molecule is Cc1cc(Nc2nc(N3CCC4(CCC(NC(=O)CC#N)C4)CC3)nn3cccc23)n[nH]1. The van der Waals surface area contributed by atoms with Crippen molar-refractivity contribution >= 4 is 29.0 Å². The van der Waals surface area contributed by atoms with Crippen molar-refractivity contribution < 1.29 is 4.79 Å². The Morgan fingerprint density at radius 3 is 2.97 bits per heavy atom. The molecule has 2 fully saturated rings. The van der Waals surface area contributed by atoms with Crippen LogP contribution in [-0.4, -0.2) is 49.8 Å². The number of aromatic amines is 1. The summed E-state index contributed by atoms with van der Waals surface area (Å²) < 4.78 is 1.85. The van der Waals surface area contributed by atoms with Gasteiger partial charge >= 0.3 is 0 Å². The molecule has 3 aromatic heterocycles. The van der Waals surface area contributed by atoms with Crippen molar-refractivity contribution in [1.29, 1.82) is 5.26 Å². The van der Waals surface area contributed by atoms with Crippen LogP contribution in [0.5, 0.6) is 0 Å².